The van der Waals surface area contributed by atoms with Crippen LogP contribution in [-0.4, -0.2) is 33.2 Å². The molecule has 0 saturated heterocycles. The molecule has 2 aromatic carbocycles. The van der Waals surface area contributed by atoms with Crippen molar-refractivity contribution in [3.63, 3.8) is 0 Å². The van der Waals surface area contributed by atoms with E-state index in [0.717, 1.165) is 49.7 Å². The van der Waals surface area contributed by atoms with Gasteiger partial charge in [0.1, 0.15) is 40.4 Å². The Morgan fingerprint density at radius 3 is 2.54 bits per heavy atom. The summed E-state index contributed by atoms with van der Waals surface area (Å²) < 4.78 is 19.5. The number of hydrogen-bond acceptors (Lipinski definition) is 8. The number of aliphatic hydroxyl groups is 2. The van der Waals surface area contributed by atoms with Crippen molar-refractivity contribution in [1.29, 1.82) is 0 Å². The molecule has 8 nitrogen and oxygen atoms in total. The lowest BCUT2D eigenvalue weighted by Gasteiger charge is -2.37. The maximum Gasteiger partial charge on any atom is 0.200 e. The highest BCUT2D eigenvalue weighted by Gasteiger charge is 2.50. The normalized spacial score (nSPS) is 29.9. The predicted octanol–water partition coefficient (Wildman–Crippen LogP) is 5.65. The van der Waals surface area contributed by atoms with Crippen molar-refractivity contribution < 1.29 is 29.3 Å². The summed E-state index contributed by atoms with van der Waals surface area (Å²) in [6.45, 7) is 1.83. The Morgan fingerprint density at radius 2 is 1.79 bits per heavy atom. The van der Waals surface area contributed by atoms with Crippen molar-refractivity contribution in [2.75, 3.05) is 5.48 Å². The highest BCUT2D eigenvalue weighted by atomic mass is 16.5. The Kier molecular flexibility index (Phi) is 5.91. The van der Waals surface area contributed by atoms with Gasteiger partial charge in [0.05, 0.1) is 17.4 Å². The number of hydrogen-bond donors (Lipinski definition) is 4. The molecular formula is C31H35NO7. The Labute approximate surface area is 226 Å². The minimum atomic E-state index is -0.980. The number of aliphatic hydroxyl groups excluding tert-OH is 1. The van der Waals surface area contributed by atoms with E-state index >= 15 is 0 Å². The summed E-state index contributed by atoms with van der Waals surface area (Å²) in [5.74, 6) is 1.10. The molecule has 206 valence electrons. The molecule has 2 fully saturated rings. The zero-order chi connectivity index (χ0) is 26.9. The summed E-state index contributed by atoms with van der Waals surface area (Å²) in [7, 11) is 0. The number of anilines is 1. The first kappa shape index (κ1) is 24.9. The van der Waals surface area contributed by atoms with Gasteiger partial charge in [0.2, 0.25) is 5.43 Å². The van der Waals surface area contributed by atoms with E-state index in [1.54, 1.807) is 18.2 Å². The van der Waals surface area contributed by atoms with Gasteiger partial charge in [-0.1, -0.05) is 12.1 Å². The fourth-order valence-electron chi connectivity index (χ4n) is 7.44. The van der Waals surface area contributed by atoms with Gasteiger partial charge in [0, 0.05) is 29.0 Å². The quantitative estimate of drug-likeness (QED) is 0.317. The molecule has 4 N–H and O–H groups in total. The molecule has 0 amide bonds. The van der Waals surface area contributed by atoms with E-state index in [4.69, 9.17) is 13.9 Å². The first-order valence-corrected chi connectivity index (χ1v) is 14.3. The smallest absolute Gasteiger partial charge is 0.200 e. The predicted molar refractivity (Wildman–Crippen MR) is 145 cm³/mol. The minimum absolute atomic E-state index is 0.0122. The Morgan fingerprint density at radius 1 is 1.03 bits per heavy atom. The topological polar surface area (TPSA) is 121 Å². The molecule has 7 rings (SSSR count). The fourth-order valence-corrected chi connectivity index (χ4v) is 7.44. The zero-order valence-electron chi connectivity index (χ0n) is 22.1. The zero-order valence-corrected chi connectivity index (χ0v) is 22.1. The average molecular weight is 534 g/mol. The molecule has 8 heteroatoms. The summed E-state index contributed by atoms with van der Waals surface area (Å²) in [6, 6.07) is 9.05. The minimum Gasteiger partial charge on any atom is -0.489 e. The van der Waals surface area contributed by atoms with Crippen molar-refractivity contribution in [1.82, 2.24) is 0 Å². The lowest BCUT2D eigenvalue weighted by Crippen LogP contribution is -2.47. The number of nitrogens with one attached hydrogen (secondary N) is 1. The van der Waals surface area contributed by atoms with Crippen LogP contribution in [0.15, 0.2) is 39.5 Å². The third-order valence-electron chi connectivity index (χ3n) is 9.41. The second kappa shape index (κ2) is 9.25. The van der Waals surface area contributed by atoms with Crippen LogP contribution in [0, 0.1) is 0 Å². The Balaban J connectivity index is 1.45. The largest absolute Gasteiger partial charge is 0.489 e. The van der Waals surface area contributed by atoms with Crippen LogP contribution >= 0.6 is 0 Å². The van der Waals surface area contributed by atoms with Crippen LogP contribution in [0.4, 0.5) is 5.69 Å². The van der Waals surface area contributed by atoms with Crippen LogP contribution in [0.5, 0.6) is 11.5 Å². The van der Waals surface area contributed by atoms with E-state index in [2.05, 4.69) is 5.48 Å². The summed E-state index contributed by atoms with van der Waals surface area (Å²) >= 11 is 0. The molecule has 0 unspecified atom stereocenters. The van der Waals surface area contributed by atoms with Crippen molar-refractivity contribution in [3.05, 3.63) is 63.0 Å². The molecule has 0 radical (unpaired) electrons. The highest BCUT2D eigenvalue weighted by molar-refractivity contribution is 5.89. The van der Waals surface area contributed by atoms with Gasteiger partial charge in [0.25, 0.3) is 0 Å². The van der Waals surface area contributed by atoms with E-state index in [1.165, 1.54) is 0 Å². The van der Waals surface area contributed by atoms with Crippen LogP contribution in [0.2, 0.25) is 0 Å². The van der Waals surface area contributed by atoms with Gasteiger partial charge >= 0.3 is 0 Å². The lowest BCUT2D eigenvalue weighted by atomic mass is 9.74. The van der Waals surface area contributed by atoms with Gasteiger partial charge in [0.15, 0.2) is 0 Å². The number of ether oxygens (including phenoxy) is 2. The SMILES string of the molecule is C[C@]1(O)CCC[C@@H]2c3c(cc4oc5c(c(=O)c4c3OC3CCCC3)[C@@H](c3ccc(NO)cc3)CC[C@@H]5O)O[C@@H]21. The number of fused-ring (bicyclic) bond motifs is 5. The molecule has 2 saturated carbocycles. The second-order valence-corrected chi connectivity index (χ2v) is 12.0. The Hall–Kier alpha value is -3.07. The van der Waals surface area contributed by atoms with Crippen molar-refractivity contribution in [2.45, 2.75) is 100 Å². The second-order valence-electron chi connectivity index (χ2n) is 12.0. The molecule has 2 heterocycles. The van der Waals surface area contributed by atoms with Gasteiger partial charge in [-0.15, -0.1) is 0 Å². The maximum absolute atomic E-state index is 14.5. The monoisotopic (exact) mass is 533 g/mol. The molecule has 5 atom stereocenters. The first-order chi connectivity index (χ1) is 18.9. The number of rotatable bonds is 4. The third kappa shape index (κ3) is 3.95. The van der Waals surface area contributed by atoms with Gasteiger partial charge < -0.3 is 24.1 Å². The van der Waals surface area contributed by atoms with Crippen LogP contribution < -0.4 is 20.4 Å². The van der Waals surface area contributed by atoms with Crippen molar-refractivity contribution in [3.8, 4) is 11.5 Å². The summed E-state index contributed by atoms with van der Waals surface area (Å²) in [6.07, 6.45) is 6.19. The van der Waals surface area contributed by atoms with E-state index in [9.17, 15) is 20.2 Å². The maximum atomic E-state index is 14.5. The van der Waals surface area contributed by atoms with Gasteiger partial charge in [-0.05, 0) is 82.4 Å². The van der Waals surface area contributed by atoms with Gasteiger partial charge in [-0.3, -0.25) is 15.5 Å². The lowest BCUT2D eigenvalue weighted by molar-refractivity contribution is -0.0725. The van der Waals surface area contributed by atoms with E-state index < -0.39 is 17.8 Å². The van der Waals surface area contributed by atoms with Crippen molar-refractivity contribution >= 4 is 16.7 Å². The molecule has 1 aliphatic heterocycles. The standard InChI is InChI=1S/C31H35NO7/c1-31(35)14-4-7-20-24-22(39-30(20)31)15-23-26(29(24)37-18-5-2-3-6-18)27(34)25-19(12-13-21(33)28(25)38-23)16-8-10-17(32-36)11-9-16/h8-11,15,18-21,30,32-33,35-36H,2-7,12-14H2,1H3/t19-,20-,21+,30+,31+/m1/s1. The highest BCUT2D eigenvalue weighted by Crippen LogP contribution is 2.55. The fraction of sp³-hybridized carbons (Fsp3) is 0.516. The summed E-state index contributed by atoms with van der Waals surface area (Å²) in [5.41, 5.74) is 4.15. The summed E-state index contributed by atoms with van der Waals surface area (Å²) in [4.78, 5) is 14.5. The van der Waals surface area contributed by atoms with Gasteiger partial charge in [-0.25, -0.2) is 0 Å². The molecule has 39 heavy (non-hydrogen) atoms. The molecular weight excluding hydrogens is 498 g/mol. The van der Waals surface area contributed by atoms with Gasteiger partial charge in [-0.2, -0.15) is 0 Å². The number of benzene rings is 2. The molecule has 0 bridgehead atoms. The summed E-state index contributed by atoms with van der Waals surface area (Å²) in [5, 5.41) is 31.8. The van der Waals surface area contributed by atoms with Crippen LogP contribution in [-0.2, 0) is 0 Å². The van der Waals surface area contributed by atoms with E-state index in [1.807, 2.05) is 19.1 Å². The molecule has 0 spiro atoms. The molecule has 3 aromatic rings. The molecule has 3 aliphatic carbocycles. The first-order valence-electron chi connectivity index (χ1n) is 14.3. The van der Waals surface area contributed by atoms with Crippen molar-refractivity contribution in [2.24, 2.45) is 0 Å². The van der Waals surface area contributed by atoms with E-state index in [-0.39, 0.29) is 23.4 Å². The average Bonchev–Trinajstić information content (AvgIpc) is 3.58. The van der Waals surface area contributed by atoms with Crippen LogP contribution in [0.3, 0.4) is 0 Å². The molecule has 1 aromatic heterocycles. The van der Waals surface area contributed by atoms with Crippen LogP contribution in [0.1, 0.15) is 105 Å². The van der Waals surface area contributed by atoms with E-state index in [0.29, 0.717) is 58.7 Å². The Bertz CT molecular complexity index is 1470. The molecule has 4 aliphatic rings. The van der Waals surface area contributed by atoms with Crippen LogP contribution in [0.25, 0.3) is 11.0 Å². The third-order valence-corrected chi connectivity index (χ3v) is 9.41.